The number of amides is 1. The molecule has 1 aromatic heterocycles. The number of carbonyl (C=O) groups excluding carboxylic acids is 1. The van der Waals surface area contributed by atoms with E-state index in [2.05, 4.69) is 31.6 Å². The number of alkyl halides is 1. The molecular weight excluding hydrogens is 430 g/mol. The zero-order chi connectivity index (χ0) is 23.8. The number of piperidine rings is 1. The second kappa shape index (κ2) is 10.7. The van der Waals surface area contributed by atoms with E-state index in [0.29, 0.717) is 32.5 Å². The van der Waals surface area contributed by atoms with E-state index in [0.717, 1.165) is 11.8 Å². The third-order valence-electron chi connectivity index (χ3n) is 5.55. The molecule has 1 amide bonds. The van der Waals surface area contributed by atoms with Crippen molar-refractivity contribution in [2.24, 2.45) is 16.5 Å². The fraction of sp³-hybridized carbons (Fsp3) is 0.364. The number of hydrogen-bond acceptors (Lipinski definition) is 7. The molecule has 3 heterocycles. The molecular formula is C22H26F2N8O. The molecule has 6 N–H and O–H groups in total. The molecule has 1 fully saturated rings. The molecule has 0 spiro atoms. The molecule has 0 saturated carbocycles. The monoisotopic (exact) mass is 456 g/mol. The van der Waals surface area contributed by atoms with Gasteiger partial charge in [-0.15, -0.1) is 0 Å². The van der Waals surface area contributed by atoms with Crippen LogP contribution in [0.1, 0.15) is 19.3 Å². The number of dihydropyridines is 1. The summed E-state index contributed by atoms with van der Waals surface area (Å²) in [5, 5.41) is 15.3. The molecule has 174 valence electrons. The largest absolute Gasteiger partial charge is 0.384 e. The topological polar surface area (TPSA) is 145 Å². The number of nitriles is 1. The second-order valence-electron chi connectivity index (χ2n) is 7.91. The lowest BCUT2D eigenvalue weighted by atomic mass is 9.84. The van der Waals surface area contributed by atoms with E-state index >= 15 is 0 Å². The van der Waals surface area contributed by atoms with Gasteiger partial charge in [-0.1, -0.05) is 6.08 Å². The van der Waals surface area contributed by atoms with Crippen molar-refractivity contribution in [2.45, 2.75) is 31.1 Å². The number of nitrogens with zero attached hydrogens (tertiary/aromatic N) is 4. The van der Waals surface area contributed by atoms with E-state index in [9.17, 15) is 18.8 Å². The summed E-state index contributed by atoms with van der Waals surface area (Å²) < 4.78 is 26.8. The Morgan fingerprint density at radius 1 is 1.45 bits per heavy atom. The molecule has 1 aromatic rings. The van der Waals surface area contributed by atoms with Gasteiger partial charge in [-0.3, -0.25) is 9.69 Å². The maximum Gasteiger partial charge on any atom is 0.253 e. The number of pyridine rings is 1. The van der Waals surface area contributed by atoms with Crippen LogP contribution < -0.4 is 22.1 Å². The molecule has 11 heteroatoms. The zero-order valence-electron chi connectivity index (χ0n) is 18.0. The van der Waals surface area contributed by atoms with Crippen molar-refractivity contribution in [1.29, 1.82) is 5.26 Å². The summed E-state index contributed by atoms with van der Waals surface area (Å²) in [6, 6.07) is 4.70. The first-order valence-electron chi connectivity index (χ1n) is 10.4. The molecule has 0 radical (unpaired) electrons. The average Bonchev–Trinajstić information content (AvgIpc) is 2.75. The van der Waals surface area contributed by atoms with Crippen molar-refractivity contribution in [3.8, 4) is 6.07 Å². The fourth-order valence-electron chi connectivity index (χ4n) is 3.70. The number of rotatable bonds is 8. The first kappa shape index (κ1) is 23.9. The maximum absolute atomic E-state index is 13.5. The number of likely N-dealkylation sites (tertiary alicyclic amines) is 1. The van der Waals surface area contributed by atoms with Crippen molar-refractivity contribution < 1.29 is 13.6 Å². The molecule has 2 aliphatic heterocycles. The Morgan fingerprint density at radius 3 is 2.85 bits per heavy atom. The predicted molar refractivity (Wildman–Crippen MR) is 120 cm³/mol. The Bertz CT molecular complexity index is 1040. The Balaban J connectivity index is 1.70. The van der Waals surface area contributed by atoms with Gasteiger partial charge < -0.3 is 22.1 Å². The van der Waals surface area contributed by atoms with Crippen LogP contribution in [0.2, 0.25) is 0 Å². The summed E-state index contributed by atoms with van der Waals surface area (Å²) in [5.41, 5.74) is 11.7. The Labute approximate surface area is 190 Å². The first-order valence-corrected chi connectivity index (χ1v) is 10.4. The lowest BCUT2D eigenvalue weighted by molar-refractivity contribution is -0.114. The number of nitrogens with two attached hydrogens (primary N) is 2. The molecule has 0 bridgehead atoms. The van der Waals surface area contributed by atoms with Crippen molar-refractivity contribution in [3.63, 3.8) is 0 Å². The molecule has 33 heavy (non-hydrogen) atoms. The summed E-state index contributed by atoms with van der Waals surface area (Å²) in [5.74, 6) is -1.73. The van der Waals surface area contributed by atoms with Crippen LogP contribution in [0.25, 0.3) is 0 Å². The second-order valence-corrected chi connectivity index (χ2v) is 7.91. The highest BCUT2D eigenvalue weighted by atomic mass is 19.1. The van der Waals surface area contributed by atoms with Crippen LogP contribution in [-0.4, -0.2) is 53.1 Å². The third kappa shape index (κ3) is 6.60. The Kier molecular flexibility index (Phi) is 7.74. The number of hydrogen-bond donors (Lipinski definition) is 4. The molecule has 0 aromatic carbocycles. The highest BCUT2D eigenvalue weighted by Gasteiger charge is 2.34. The zero-order valence-corrected chi connectivity index (χ0v) is 18.0. The van der Waals surface area contributed by atoms with Gasteiger partial charge in [0, 0.05) is 43.8 Å². The van der Waals surface area contributed by atoms with Crippen LogP contribution in [0.15, 0.2) is 59.0 Å². The average molecular weight is 457 g/mol. The maximum atomic E-state index is 13.5. The highest BCUT2D eigenvalue weighted by molar-refractivity contribution is 6.20. The number of halogens is 2. The van der Waals surface area contributed by atoms with Crippen LogP contribution in [-0.2, 0) is 4.79 Å². The van der Waals surface area contributed by atoms with E-state index in [1.54, 1.807) is 6.08 Å². The van der Waals surface area contributed by atoms with Gasteiger partial charge in [0.2, 0.25) is 5.95 Å². The smallest absolute Gasteiger partial charge is 0.253 e. The molecule has 1 saturated heterocycles. The fourth-order valence-corrected chi connectivity index (χ4v) is 3.70. The van der Waals surface area contributed by atoms with Crippen molar-refractivity contribution >= 4 is 17.4 Å². The van der Waals surface area contributed by atoms with Crippen LogP contribution in [0.3, 0.4) is 0 Å². The number of nitrogens with one attached hydrogen (secondary N) is 2. The van der Waals surface area contributed by atoms with Gasteiger partial charge in [0.05, 0.1) is 29.3 Å². The number of aliphatic imine (C=N–C) groups is 1. The molecule has 1 atom stereocenters. The Morgan fingerprint density at radius 2 is 2.21 bits per heavy atom. The molecule has 0 aliphatic carbocycles. The highest BCUT2D eigenvalue weighted by Crippen LogP contribution is 2.26. The lowest BCUT2D eigenvalue weighted by Crippen LogP contribution is -2.52. The third-order valence-corrected chi connectivity index (χ3v) is 5.55. The summed E-state index contributed by atoms with van der Waals surface area (Å²) in [7, 11) is 0. The minimum absolute atomic E-state index is 0.0794. The summed E-state index contributed by atoms with van der Waals surface area (Å²) in [6.07, 6.45) is 7.78. The van der Waals surface area contributed by atoms with Crippen molar-refractivity contribution in [1.82, 2.24) is 20.5 Å². The van der Waals surface area contributed by atoms with Gasteiger partial charge in [-0.05, 0) is 31.1 Å². The minimum Gasteiger partial charge on any atom is -0.384 e. The summed E-state index contributed by atoms with van der Waals surface area (Å²) in [4.78, 5) is 21.6. The lowest BCUT2D eigenvalue weighted by Gasteiger charge is -2.41. The quantitative estimate of drug-likeness (QED) is 0.151. The van der Waals surface area contributed by atoms with Gasteiger partial charge in [0.15, 0.2) is 6.30 Å². The predicted octanol–water partition coefficient (Wildman–Crippen LogP) is 1.26. The van der Waals surface area contributed by atoms with E-state index in [1.807, 2.05) is 6.08 Å². The van der Waals surface area contributed by atoms with E-state index in [1.165, 1.54) is 24.5 Å². The number of carbonyl (C=O) groups is 1. The van der Waals surface area contributed by atoms with Gasteiger partial charge in [0.1, 0.15) is 5.84 Å². The SMILES string of the molecule is N#CCC1(N/C=C(/C(N)=O)C(N)=Nc2ccnc(F)c2)CCN(CC2=CC=CC(F)N2)CC1. The van der Waals surface area contributed by atoms with Crippen LogP contribution in [0.5, 0.6) is 0 Å². The standard InChI is InChI=1S/C22H26F2N8O/c23-18-3-1-2-16(30-18)14-32-10-6-22(5-8-25,7-11-32)29-13-17(21(27)33)20(26)31-15-4-9-28-19(24)12-15/h1-4,9,12-13,18,29-30H,5-7,10-11,14H2,(H2,27,33)(H2,26,28,31)/b17-13+. The van der Waals surface area contributed by atoms with Gasteiger partial charge >= 0.3 is 0 Å². The Hall–Kier alpha value is -3.78. The normalized spacial score (nSPS) is 21.0. The number of allylic oxidation sites excluding steroid dienone is 2. The van der Waals surface area contributed by atoms with Crippen LogP contribution in [0.4, 0.5) is 14.5 Å². The van der Waals surface area contributed by atoms with E-state index in [4.69, 9.17) is 11.5 Å². The number of amidine groups is 1. The van der Waals surface area contributed by atoms with Gasteiger partial charge in [0.25, 0.3) is 5.91 Å². The number of aromatic nitrogens is 1. The van der Waals surface area contributed by atoms with Gasteiger partial charge in [-0.25, -0.2) is 14.4 Å². The van der Waals surface area contributed by atoms with E-state index in [-0.39, 0.29) is 23.5 Å². The minimum atomic E-state index is -1.19. The van der Waals surface area contributed by atoms with E-state index < -0.39 is 23.7 Å². The molecule has 9 nitrogen and oxygen atoms in total. The van der Waals surface area contributed by atoms with Crippen molar-refractivity contribution in [2.75, 3.05) is 19.6 Å². The number of primary amides is 1. The first-order chi connectivity index (χ1) is 15.8. The molecule has 3 rings (SSSR count). The van der Waals surface area contributed by atoms with Crippen molar-refractivity contribution in [3.05, 3.63) is 60.0 Å². The molecule has 1 unspecified atom stereocenters. The van der Waals surface area contributed by atoms with Crippen LogP contribution >= 0.6 is 0 Å². The summed E-state index contributed by atoms with van der Waals surface area (Å²) in [6.45, 7) is 1.89. The molecule has 2 aliphatic rings. The summed E-state index contributed by atoms with van der Waals surface area (Å²) >= 11 is 0. The van der Waals surface area contributed by atoms with Gasteiger partial charge in [-0.2, -0.15) is 9.65 Å². The van der Waals surface area contributed by atoms with Crippen LogP contribution in [0, 0.1) is 17.3 Å².